The summed E-state index contributed by atoms with van der Waals surface area (Å²) in [7, 11) is 1.73. The molecule has 1 unspecified atom stereocenters. The molecule has 0 spiro atoms. The number of benzene rings is 1. The zero-order valence-corrected chi connectivity index (χ0v) is 10.6. The van der Waals surface area contributed by atoms with Gasteiger partial charge in [-0.05, 0) is 41.6 Å². The zero-order chi connectivity index (χ0) is 11.8. The molecule has 1 atom stereocenters. The van der Waals surface area contributed by atoms with E-state index >= 15 is 0 Å². The molecule has 1 aliphatic carbocycles. The van der Waals surface area contributed by atoms with Crippen LogP contribution >= 0.6 is 0 Å². The number of rotatable bonds is 3. The van der Waals surface area contributed by atoms with Crippen LogP contribution in [0.5, 0.6) is 5.75 Å². The second-order valence-corrected chi connectivity index (χ2v) is 5.15. The van der Waals surface area contributed by atoms with E-state index in [9.17, 15) is 0 Å². The maximum atomic E-state index is 5.31. The lowest BCUT2D eigenvalue weighted by Gasteiger charge is -2.19. The first kappa shape index (κ1) is 11.5. The summed E-state index contributed by atoms with van der Waals surface area (Å²) in [5.74, 6) is 0.958. The van der Waals surface area contributed by atoms with Gasteiger partial charge in [0.15, 0.2) is 0 Å². The van der Waals surface area contributed by atoms with Crippen LogP contribution in [0.25, 0.3) is 0 Å². The van der Waals surface area contributed by atoms with Crippen LogP contribution in [-0.2, 0) is 5.41 Å². The summed E-state index contributed by atoms with van der Waals surface area (Å²) < 4.78 is 5.31. The topological polar surface area (TPSA) is 21.3 Å². The summed E-state index contributed by atoms with van der Waals surface area (Å²) in [6.07, 6.45) is 1.17. The third-order valence-corrected chi connectivity index (χ3v) is 3.53. The van der Waals surface area contributed by atoms with Crippen LogP contribution < -0.4 is 10.1 Å². The second-order valence-electron chi connectivity index (χ2n) is 5.15. The highest BCUT2D eigenvalue weighted by molar-refractivity contribution is 5.45. The van der Waals surface area contributed by atoms with Gasteiger partial charge in [-0.15, -0.1) is 0 Å². The van der Waals surface area contributed by atoms with Crippen molar-refractivity contribution in [3.8, 4) is 5.75 Å². The van der Waals surface area contributed by atoms with Crippen molar-refractivity contribution in [3.05, 3.63) is 29.3 Å². The fourth-order valence-electron chi connectivity index (χ4n) is 2.73. The van der Waals surface area contributed by atoms with Crippen molar-refractivity contribution in [1.82, 2.24) is 5.32 Å². The Morgan fingerprint density at radius 3 is 2.81 bits per heavy atom. The highest BCUT2D eigenvalue weighted by atomic mass is 16.5. The number of methoxy groups -OCH3 is 1. The maximum Gasteiger partial charge on any atom is 0.119 e. The van der Waals surface area contributed by atoms with Crippen molar-refractivity contribution in [1.29, 1.82) is 0 Å². The molecular formula is C14H21NO. The molecule has 0 fully saturated rings. The average Bonchev–Trinajstić information content (AvgIpc) is 2.51. The molecule has 2 heteroatoms. The summed E-state index contributed by atoms with van der Waals surface area (Å²) in [5.41, 5.74) is 3.14. The van der Waals surface area contributed by atoms with Crippen molar-refractivity contribution in [3.63, 3.8) is 0 Å². The molecule has 0 saturated heterocycles. The minimum Gasteiger partial charge on any atom is -0.497 e. The predicted octanol–water partition coefficient (Wildman–Crippen LogP) is 3.03. The lowest BCUT2D eigenvalue weighted by atomic mass is 9.86. The molecule has 2 rings (SSSR count). The Hall–Kier alpha value is -1.02. The molecule has 88 valence electrons. The maximum absolute atomic E-state index is 5.31. The van der Waals surface area contributed by atoms with Crippen molar-refractivity contribution < 1.29 is 4.74 Å². The lowest BCUT2D eigenvalue weighted by molar-refractivity contribution is 0.413. The fraction of sp³-hybridized carbons (Fsp3) is 0.571. The van der Waals surface area contributed by atoms with Crippen molar-refractivity contribution in [2.45, 2.75) is 38.6 Å². The third kappa shape index (κ3) is 1.82. The van der Waals surface area contributed by atoms with Gasteiger partial charge in [-0.25, -0.2) is 0 Å². The van der Waals surface area contributed by atoms with E-state index in [1.165, 1.54) is 17.5 Å². The molecule has 16 heavy (non-hydrogen) atoms. The molecule has 0 saturated carbocycles. The Bertz CT molecular complexity index is 384. The van der Waals surface area contributed by atoms with Gasteiger partial charge in [-0.1, -0.05) is 26.8 Å². The van der Waals surface area contributed by atoms with Gasteiger partial charge in [0.1, 0.15) is 5.75 Å². The van der Waals surface area contributed by atoms with Gasteiger partial charge < -0.3 is 10.1 Å². The van der Waals surface area contributed by atoms with Crippen LogP contribution in [0.1, 0.15) is 44.4 Å². The summed E-state index contributed by atoms with van der Waals surface area (Å²) in [6.45, 7) is 7.80. The van der Waals surface area contributed by atoms with Crippen molar-refractivity contribution >= 4 is 0 Å². The molecule has 2 nitrogen and oxygen atoms in total. The Balaban J connectivity index is 2.42. The Morgan fingerprint density at radius 1 is 1.44 bits per heavy atom. The van der Waals surface area contributed by atoms with Crippen LogP contribution in [0, 0.1) is 0 Å². The first-order valence-electron chi connectivity index (χ1n) is 6.00. The number of nitrogens with one attached hydrogen (secondary N) is 1. The SMILES string of the molecule is CCNC1CC(C)(C)c2ccc(OC)cc21. The van der Waals surface area contributed by atoms with Crippen molar-refractivity contribution in [2.24, 2.45) is 0 Å². The van der Waals surface area contributed by atoms with E-state index in [2.05, 4.69) is 44.3 Å². The van der Waals surface area contributed by atoms with Gasteiger partial charge in [0.05, 0.1) is 7.11 Å². The van der Waals surface area contributed by atoms with Crippen LogP contribution in [0.2, 0.25) is 0 Å². The van der Waals surface area contributed by atoms with Crippen LogP contribution in [0.15, 0.2) is 18.2 Å². The largest absolute Gasteiger partial charge is 0.497 e. The quantitative estimate of drug-likeness (QED) is 0.843. The Labute approximate surface area is 98.0 Å². The van der Waals surface area contributed by atoms with E-state index in [4.69, 9.17) is 4.74 Å². The van der Waals surface area contributed by atoms with Crippen LogP contribution in [0.4, 0.5) is 0 Å². The van der Waals surface area contributed by atoms with Crippen LogP contribution in [-0.4, -0.2) is 13.7 Å². The fourth-order valence-corrected chi connectivity index (χ4v) is 2.73. The number of hydrogen-bond donors (Lipinski definition) is 1. The summed E-state index contributed by atoms with van der Waals surface area (Å²) in [5, 5.41) is 3.55. The Morgan fingerprint density at radius 2 is 2.19 bits per heavy atom. The van der Waals surface area contributed by atoms with Gasteiger partial charge in [0.2, 0.25) is 0 Å². The summed E-state index contributed by atoms with van der Waals surface area (Å²) in [4.78, 5) is 0. The number of fused-ring (bicyclic) bond motifs is 1. The highest BCUT2D eigenvalue weighted by Crippen LogP contribution is 2.45. The molecule has 0 amide bonds. The first-order valence-corrected chi connectivity index (χ1v) is 6.00. The van der Waals surface area contributed by atoms with E-state index in [0.717, 1.165) is 12.3 Å². The molecule has 0 aromatic heterocycles. The zero-order valence-electron chi connectivity index (χ0n) is 10.6. The molecule has 0 radical (unpaired) electrons. The van der Waals surface area contributed by atoms with Gasteiger partial charge in [0, 0.05) is 6.04 Å². The Kier molecular flexibility index (Phi) is 2.94. The number of ether oxygens (including phenoxy) is 1. The van der Waals surface area contributed by atoms with E-state index in [-0.39, 0.29) is 5.41 Å². The average molecular weight is 219 g/mol. The molecule has 1 aromatic rings. The standard InChI is InChI=1S/C14H21NO/c1-5-15-13-9-14(2,3)12-7-6-10(16-4)8-11(12)13/h6-8,13,15H,5,9H2,1-4H3. The summed E-state index contributed by atoms with van der Waals surface area (Å²) >= 11 is 0. The molecular weight excluding hydrogens is 198 g/mol. The van der Waals surface area contributed by atoms with E-state index in [1.54, 1.807) is 7.11 Å². The minimum absolute atomic E-state index is 0.272. The smallest absolute Gasteiger partial charge is 0.119 e. The first-order chi connectivity index (χ1) is 7.58. The van der Waals surface area contributed by atoms with Crippen molar-refractivity contribution in [2.75, 3.05) is 13.7 Å². The molecule has 1 N–H and O–H groups in total. The van der Waals surface area contributed by atoms with E-state index in [0.29, 0.717) is 6.04 Å². The highest BCUT2D eigenvalue weighted by Gasteiger charge is 2.36. The third-order valence-electron chi connectivity index (χ3n) is 3.53. The van der Waals surface area contributed by atoms with Gasteiger partial charge in [-0.2, -0.15) is 0 Å². The molecule has 1 aliphatic rings. The van der Waals surface area contributed by atoms with Crippen LogP contribution in [0.3, 0.4) is 0 Å². The number of hydrogen-bond acceptors (Lipinski definition) is 2. The minimum atomic E-state index is 0.272. The van der Waals surface area contributed by atoms with Gasteiger partial charge >= 0.3 is 0 Å². The monoisotopic (exact) mass is 219 g/mol. The predicted molar refractivity (Wildman–Crippen MR) is 67.1 cm³/mol. The lowest BCUT2D eigenvalue weighted by Crippen LogP contribution is -2.20. The molecule has 0 heterocycles. The summed E-state index contributed by atoms with van der Waals surface area (Å²) in [6, 6.07) is 6.93. The molecule has 0 aliphatic heterocycles. The second kappa shape index (κ2) is 4.10. The van der Waals surface area contributed by atoms with E-state index < -0.39 is 0 Å². The van der Waals surface area contributed by atoms with E-state index in [1.807, 2.05) is 0 Å². The normalized spacial score (nSPS) is 21.9. The van der Waals surface area contributed by atoms with Gasteiger partial charge in [0.25, 0.3) is 0 Å². The molecule has 0 bridgehead atoms. The molecule has 1 aromatic carbocycles. The van der Waals surface area contributed by atoms with Gasteiger partial charge in [-0.3, -0.25) is 0 Å².